The largest absolute Gasteiger partial charge is 0.373 e. The Balaban J connectivity index is 1.38. The van der Waals surface area contributed by atoms with Crippen molar-refractivity contribution in [3.63, 3.8) is 0 Å². The summed E-state index contributed by atoms with van der Waals surface area (Å²) in [5, 5.41) is 21.8. The molecule has 12 heteroatoms. The highest BCUT2D eigenvalue weighted by atomic mass is 16.5. The number of hydrogen-bond donors (Lipinski definition) is 2. The summed E-state index contributed by atoms with van der Waals surface area (Å²) in [6.07, 6.45) is 1.86. The van der Waals surface area contributed by atoms with E-state index in [9.17, 15) is 9.90 Å². The Morgan fingerprint density at radius 2 is 1.85 bits per heavy atom. The molecular weight excluding hydrogens is 440 g/mol. The number of aromatic nitrogens is 6. The van der Waals surface area contributed by atoms with Crippen LogP contribution in [0.1, 0.15) is 36.9 Å². The second-order valence-electron chi connectivity index (χ2n) is 8.13. The number of aliphatic hydroxyl groups is 1. The minimum atomic E-state index is -1.71. The van der Waals surface area contributed by atoms with Crippen LogP contribution in [-0.4, -0.2) is 59.8 Å². The average molecular weight is 462 g/mol. The standard InChI is InChI=1S/C22H22N8O4/c1-12(19-25-13(2)28-34-19)24-21-23-9-7-16(27-21)14-5-4-6-15(26-14)17-11-18(33-29-17)22(32)8-10-30(3)20(22)31/h4-7,9,11-12,32H,8,10H2,1-3H3,(H,23,24,27). The molecule has 2 unspecified atom stereocenters. The molecule has 4 aromatic rings. The van der Waals surface area contributed by atoms with Gasteiger partial charge in [0.2, 0.25) is 17.4 Å². The number of aryl methyl sites for hydroxylation is 1. The van der Waals surface area contributed by atoms with Crippen molar-refractivity contribution < 1.29 is 18.9 Å². The van der Waals surface area contributed by atoms with E-state index in [4.69, 9.17) is 9.05 Å². The van der Waals surface area contributed by atoms with Crippen LogP contribution in [0.4, 0.5) is 5.95 Å². The Kier molecular flexibility index (Phi) is 5.28. The smallest absolute Gasteiger partial charge is 0.262 e. The van der Waals surface area contributed by atoms with Gasteiger partial charge in [-0.3, -0.25) is 4.79 Å². The summed E-state index contributed by atoms with van der Waals surface area (Å²) in [7, 11) is 1.64. The van der Waals surface area contributed by atoms with E-state index < -0.39 is 11.5 Å². The predicted octanol–water partition coefficient (Wildman–Crippen LogP) is 2.11. The molecule has 1 fully saturated rings. The van der Waals surface area contributed by atoms with Gasteiger partial charge in [0.15, 0.2) is 11.6 Å². The quantitative estimate of drug-likeness (QED) is 0.432. The van der Waals surface area contributed by atoms with E-state index in [2.05, 4.69) is 35.6 Å². The molecule has 0 bridgehead atoms. The van der Waals surface area contributed by atoms with Crippen LogP contribution < -0.4 is 5.32 Å². The number of carbonyl (C=O) groups is 1. The Labute approximate surface area is 194 Å². The number of nitrogens with zero attached hydrogens (tertiary/aromatic N) is 7. The normalized spacial score (nSPS) is 18.9. The molecule has 1 amide bonds. The maximum atomic E-state index is 12.4. The summed E-state index contributed by atoms with van der Waals surface area (Å²) < 4.78 is 10.5. The fourth-order valence-corrected chi connectivity index (χ4v) is 3.71. The van der Waals surface area contributed by atoms with Gasteiger partial charge in [0.25, 0.3) is 5.91 Å². The van der Waals surface area contributed by atoms with E-state index in [0.29, 0.717) is 47.0 Å². The summed E-state index contributed by atoms with van der Waals surface area (Å²) in [5.41, 5.74) is 0.379. The second kappa shape index (κ2) is 8.30. The molecule has 5 heterocycles. The van der Waals surface area contributed by atoms with Crippen molar-refractivity contribution in [3.05, 3.63) is 54.0 Å². The van der Waals surface area contributed by atoms with Crippen molar-refractivity contribution in [1.29, 1.82) is 0 Å². The SMILES string of the molecule is Cc1noc(C(C)Nc2nccc(-c3cccc(-c4cc(C5(O)CCN(C)C5=O)on4)n3)n2)n1. The first-order valence-electron chi connectivity index (χ1n) is 10.7. The van der Waals surface area contributed by atoms with Crippen molar-refractivity contribution in [2.45, 2.75) is 31.9 Å². The van der Waals surface area contributed by atoms with Crippen molar-refractivity contribution in [3.8, 4) is 22.8 Å². The maximum absolute atomic E-state index is 12.4. The molecule has 0 saturated carbocycles. The maximum Gasteiger partial charge on any atom is 0.262 e. The molecule has 1 aliphatic heterocycles. The number of anilines is 1. The highest BCUT2D eigenvalue weighted by molar-refractivity contribution is 5.87. The first-order valence-corrected chi connectivity index (χ1v) is 10.7. The Bertz CT molecular complexity index is 1350. The highest BCUT2D eigenvalue weighted by Crippen LogP contribution is 2.34. The predicted molar refractivity (Wildman–Crippen MR) is 118 cm³/mol. The van der Waals surface area contributed by atoms with Crippen LogP contribution in [0.2, 0.25) is 0 Å². The van der Waals surface area contributed by atoms with Crippen molar-refractivity contribution in [2.75, 3.05) is 18.9 Å². The zero-order valence-electron chi connectivity index (χ0n) is 18.8. The van der Waals surface area contributed by atoms with Crippen LogP contribution in [0.25, 0.3) is 22.8 Å². The highest BCUT2D eigenvalue weighted by Gasteiger charge is 2.48. The molecule has 34 heavy (non-hydrogen) atoms. The zero-order valence-corrected chi connectivity index (χ0v) is 18.8. The molecule has 12 nitrogen and oxygen atoms in total. The molecule has 0 spiro atoms. The van der Waals surface area contributed by atoms with E-state index in [1.807, 2.05) is 19.1 Å². The number of nitrogens with one attached hydrogen (secondary N) is 1. The third kappa shape index (κ3) is 3.88. The van der Waals surface area contributed by atoms with E-state index in [1.54, 1.807) is 38.4 Å². The zero-order chi connectivity index (χ0) is 23.9. The molecular formula is C22H22N8O4. The Morgan fingerprint density at radius 1 is 1.09 bits per heavy atom. The van der Waals surface area contributed by atoms with Crippen LogP contribution in [0.5, 0.6) is 0 Å². The number of likely N-dealkylation sites (N-methyl/N-ethyl adjacent to an activating group) is 1. The molecule has 174 valence electrons. The van der Waals surface area contributed by atoms with Gasteiger partial charge >= 0.3 is 0 Å². The van der Waals surface area contributed by atoms with E-state index in [0.717, 1.165) is 0 Å². The van der Waals surface area contributed by atoms with Gasteiger partial charge in [-0.15, -0.1) is 0 Å². The lowest BCUT2D eigenvalue weighted by Gasteiger charge is -2.16. The minimum absolute atomic E-state index is 0.0998. The third-order valence-electron chi connectivity index (χ3n) is 5.62. The van der Waals surface area contributed by atoms with E-state index in [1.165, 1.54) is 4.90 Å². The van der Waals surface area contributed by atoms with Gasteiger partial charge in [0, 0.05) is 32.3 Å². The van der Waals surface area contributed by atoms with Crippen LogP contribution in [0, 0.1) is 6.92 Å². The first-order chi connectivity index (χ1) is 16.3. The summed E-state index contributed by atoms with van der Waals surface area (Å²) in [4.78, 5) is 31.5. The fraction of sp³-hybridized carbons (Fsp3) is 0.318. The minimum Gasteiger partial charge on any atom is -0.373 e. The molecule has 0 radical (unpaired) electrons. The summed E-state index contributed by atoms with van der Waals surface area (Å²) in [6.45, 7) is 4.05. The van der Waals surface area contributed by atoms with Crippen LogP contribution in [-0.2, 0) is 10.4 Å². The van der Waals surface area contributed by atoms with Crippen molar-refractivity contribution in [1.82, 2.24) is 35.1 Å². The fourth-order valence-electron chi connectivity index (χ4n) is 3.71. The van der Waals surface area contributed by atoms with E-state index in [-0.39, 0.29) is 18.2 Å². The lowest BCUT2D eigenvalue weighted by molar-refractivity contribution is -0.144. The van der Waals surface area contributed by atoms with Gasteiger partial charge in [-0.25, -0.2) is 15.0 Å². The molecule has 2 atom stereocenters. The number of likely N-dealkylation sites (tertiary alicyclic amines) is 1. The Morgan fingerprint density at radius 3 is 2.56 bits per heavy atom. The first kappa shape index (κ1) is 21.6. The number of amides is 1. The lowest BCUT2D eigenvalue weighted by Crippen LogP contribution is -2.35. The number of pyridine rings is 1. The van der Waals surface area contributed by atoms with Gasteiger partial charge in [0.1, 0.15) is 11.7 Å². The summed E-state index contributed by atoms with van der Waals surface area (Å²) >= 11 is 0. The van der Waals surface area contributed by atoms with Crippen molar-refractivity contribution in [2.24, 2.45) is 0 Å². The van der Waals surface area contributed by atoms with Gasteiger partial charge in [0.05, 0.1) is 17.1 Å². The van der Waals surface area contributed by atoms with Gasteiger partial charge in [-0.1, -0.05) is 16.4 Å². The van der Waals surface area contributed by atoms with Crippen LogP contribution in [0.3, 0.4) is 0 Å². The topological polar surface area (TPSA) is 156 Å². The van der Waals surface area contributed by atoms with Crippen molar-refractivity contribution >= 4 is 11.9 Å². The van der Waals surface area contributed by atoms with Gasteiger partial charge in [-0.05, 0) is 32.0 Å². The number of rotatable bonds is 6. The average Bonchev–Trinajstić information content (AvgIpc) is 3.57. The third-order valence-corrected chi connectivity index (χ3v) is 5.62. The molecule has 0 aromatic carbocycles. The molecule has 1 aliphatic rings. The second-order valence-corrected chi connectivity index (χ2v) is 8.13. The molecule has 0 aliphatic carbocycles. The summed E-state index contributed by atoms with van der Waals surface area (Å²) in [5.74, 6) is 1.04. The Hall–Kier alpha value is -4.19. The number of hydrogen-bond acceptors (Lipinski definition) is 11. The molecule has 2 N–H and O–H groups in total. The van der Waals surface area contributed by atoms with Gasteiger partial charge in [-0.2, -0.15) is 4.98 Å². The van der Waals surface area contributed by atoms with Gasteiger partial charge < -0.3 is 24.4 Å². The summed E-state index contributed by atoms with van der Waals surface area (Å²) in [6, 6.07) is 8.39. The monoisotopic (exact) mass is 462 g/mol. The lowest BCUT2D eigenvalue weighted by atomic mass is 9.98. The molecule has 4 aromatic heterocycles. The number of carbonyl (C=O) groups excluding carboxylic acids is 1. The molecule has 1 saturated heterocycles. The molecule has 5 rings (SSSR count). The van der Waals surface area contributed by atoms with E-state index >= 15 is 0 Å². The van der Waals surface area contributed by atoms with Crippen LogP contribution in [0.15, 0.2) is 45.6 Å². The van der Waals surface area contributed by atoms with Crippen LogP contribution >= 0.6 is 0 Å².